The molecule has 0 radical (unpaired) electrons. The first-order valence-electron chi connectivity index (χ1n) is 14.5. The van der Waals surface area contributed by atoms with E-state index in [1.54, 1.807) is 12.2 Å². The fraction of sp³-hybridized carbons (Fsp3) is 0.545. The van der Waals surface area contributed by atoms with Crippen LogP contribution in [0.1, 0.15) is 82.8 Å². The summed E-state index contributed by atoms with van der Waals surface area (Å²) in [6.45, 7) is 13.0. The lowest BCUT2D eigenvalue weighted by Gasteiger charge is -2.60. The van der Waals surface area contributed by atoms with Crippen molar-refractivity contribution >= 4 is 23.6 Å². The number of rotatable bonds is 5. The predicted octanol–water partition coefficient (Wildman–Crippen LogP) is 4.72. The molecule has 222 valence electrons. The Hall–Kier alpha value is -3.43. The minimum atomic E-state index is -1.57. The highest BCUT2D eigenvalue weighted by molar-refractivity contribution is 6.15. The van der Waals surface area contributed by atoms with Gasteiger partial charge >= 0.3 is 5.97 Å². The van der Waals surface area contributed by atoms with Crippen LogP contribution in [-0.2, 0) is 25.5 Å². The second-order valence-corrected chi connectivity index (χ2v) is 13.9. The van der Waals surface area contributed by atoms with Crippen molar-refractivity contribution in [3.8, 4) is 17.2 Å². The molecule has 8 rings (SSSR count). The summed E-state index contributed by atoms with van der Waals surface area (Å²) in [5.74, 6) is -1.92. The average molecular weight is 577 g/mol. The molecule has 3 aliphatic carbocycles. The van der Waals surface area contributed by atoms with Gasteiger partial charge in [0.2, 0.25) is 11.4 Å². The molecule has 4 aliphatic heterocycles. The number of aliphatic carboxylic acids is 1. The van der Waals surface area contributed by atoms with E-state index in [9.17, 15) is 24.6 Å². The molecule has 42 heavy (non-hydrogen) atoms. The van der Waals surface area contributed by atoms with Gasteiger partial charge in [0.25, 0.3) is 0 Å². The largest absolute Gasteiger partial charge is 0.506 e. The standard InChI is InChI=1S/C33H36O9/c1-15(2)8-9-18-23-17(11-12-29(4,5)39-23)21(34)20-24(18)40-33-27-22(35)19(26-32(33,42-26)25(20)36)14-31(33,30(6,7)41-27)13-10-16(3)28(37)38/h8,10-12,19,26-27,34H,9,13-14H2,1-7H3,(H,37,38). The number of fused-ring (bicyclic) bond motifs is 2. The number of carbonyl (C=O) groups excluding carboxylic acids is 2. The van der Waals surface area contributed by atoms with Crippen LogP contribution in [0, 0.1) is 11.3 Å². The molecular formula is C33H36O9. The number of ketones is 2. The van der Waals surface area contributed by atoms with E-state index in [-0.39, 0.29) is 34.8 Å². The van der Waals surface area contributed by atoms with Crippen LogP contribution in [0.5, 0.6) is 17.2 Å². The van der Waals surface area contributed by atoms with Crippen LogP contribution < -0.4 is 9.47 Å². The lowest BCUT2D eigenvalue weighted by atomic mass is 9.43. The quantitative estimate of drug-likeness (QED) is 0.290. The number of carbonyl (C=O) groups is 3. The summed E-state index contributed by atoms with van der Waals surface area (Å²) in [5.41, 5.74) is -3.54. The topological polar surface area (TPSA) is 132 Å². The number of phenols is 1. The number of benzene rings is 1. The number of carboxylic acid groups (broad SMARTS) is 1. The Bertz CT molecular complexity index is 1610. The lowest BCUT2D eigenvalue weighted by Crippen LogP contribution is -2.79. The minimum absolute atomic E-state index is 0.0246. The molecule has 6 unspecified atom stereocenters. The zero-order valence-corrected chi connectivity index (χ0v) is 24.9. The maximum Gasteiger partial charge on any atom is 0.330 e. The summed E-state index contributed by atoms with van der Waals surface area (Å²) in [4.78, 5) is 40.5. The van der Waals surface area contributed by atoms with E-state index in [0.29, 0.717) is 29.7 Å². The Morgan fingerprint density at radius 2 is 1.76 bits per heavy atom. The predicted molar refractivity (Wildman–Crippen MR) is 151 cm³/mol. The molecule has 0 aromatic heterocycles. The van der Waals surface area contributed by atoms with Crippen molar-refractivity contribution < 1.29 is 43.5 Å². The second-order valence-electron chi connectivity index (χ2n) is 13.9. The van der Waals surface area contributed by atoms with E-state index in [1.807, 2.05) is 53.7 Å². The van der Waals surface area contributed by atoms with E-state index in [4.69, 9.17) is 18.9 Å². The molecule has 4 bridgehead atoms. The smallest absolute Gasteiger partial charge is 0.330 e. The monoisotopic (exact) mass is 576 g/mol. The number of ether oxygens (including phenoxy) is 4. The zero-order chi connectivity index (χ0) is 30.4. The van der Waals surface area contributed by atoms with Crippen molar-refractivity contribution in [2.24, 2.45) is 11.3 Å². The van der Waals surface area contributed by atoms with Gasteiger partial charge in [-0.2, -0.15) is 0 Å². The minimum Gasteiger partial charge on any atom is -0.506 e. The molecule has 2 N–H and O–H groups in total. The molecule has 5 fully saturated rings. The Morgan fingerprint density at radius 3 is 2.43 bits per heavy atom. The zero-order valence-electron chi connectivity index (χ0n) is 24.9. The summed E-state index contributed by atoms with van der Waals surface area (Å²) in [6.07, 6.45) is 6.30. The van der Waals surface area contributed by atoms with Gasteiger partial charge in [-0.25, -0.2) is 4.79 Å². The number of carboxylic acids is 1. The van der Waals surface area contributed by atoms with Crippen molar-refractivity contribution in [1.82, 2.24) is 0 Å². The highest BCUT2D eigenvalue weighted by Crippen LogP contribution is 2.79. The third kappa shape index (κ3) is 2.93. The van der Waals surface area contributed by atoms with Gasteiger partial charge in [0.05, 0.1) is 17.1 Å². The summed E-state index contributed by atoms with van der Waals surface area (Å²) in [6, 6.07) is 0. The fourth-order valence-corrected chi connectivity index (χ4v) is 8.41. The normalized spacial score (nSPS) is 37.1. The van der Waals surface area contributed by atoms with Crippen molar-refractivity contribution in [1.29, 1.82) is 0 Å². The van der Waals surface area contributed by atoms with Crippen LogP contribution in [-0.4, -0.2) is 62.4 Å². The Morgan fingerprint density at radius 1 is 1.05 bits per heavy atom. The molecular weight excluding hydrogens is 540 g/mol. The van der Waals surface area contributed by atoms with Crippen molar-refractivity contribution in [2.45, 2.75) is 102 Å². The maximum atomic E-state index is 14.8. The van der Waals surface area contributed by atoms with E-state index in [1.165, 1.54) is 6.92 Å². The van der Waals surface area contributed by atoms with Crippen LogP contribution in [0.3, 0.4) is 0 Å². The Kier molecular flexibility index (Phi) is 5.18. The summed E-state index contributed by atoms with van der Waals surface area (Å²) >= 11 is 0. The van der Waals surface area contributed by atoms with Crippen molar-refractivity contribution in [3.63, 3.8) is 0 Å². The fourth-order valence-electron chi connectivity index (χ4n) is 8.41. The van der Waals surface area contributed by atoms with Crippen LogP contribution in [0.25, 0.3) is 6.08 Å². The number of Topliss-reactive ketones (excluding diaryl/α,β-unsaturated/α-hetero) is 2. The second kappa shape index (κ2) is 7.94. The van der Waals surface area contributed by atoms with E-state index < -0.39 is 57.7 Å². The van der Waals surface area contributed by atoms with Crippen LogP contribution in [0.15, 0.2) is 29.4 Å². The average Bonchev–Trinajstić information content (AvgIpc) is 3.63. The summed E-state index contributed by atoms with van der Waals surface area (Å²) in [5, 5.41) is 21.3. The summed E-state index contributed by atoms with van der Waals surface area (Å²) in [7, 11) is 0. The number of hydrogen-bond acceptors (Lipinski definition) is 8. The third-order valence-corrected chi connectivity index (χ3v) is 10.6. The van der Waals surface area contributed by atoms with E-state index in [0.717, 1.165) is 5.57 Å². The number of hydrogen-bond donors (Lipinski definition) is 2. The Labute approximate surface area is 244 Å². The third-order valence-electron chi connectivity index (χ3n) is 10.6. The molecule has 2 spiro atoms. The first kappa shape index (κ1) is 27.4. The number of aromatic hydroxyl groups is 1. The molecule has 1 aromatic rings. The molecule has 3 saturated carbocycles. The van der Waals surface area contributed by atoms with Crippen molar-refractivity contribution in [3.05, 3.63) is 46.1 Å². The molecule has 9 heteroatoms. The lowest BCUT2D eigenvalue weighted by molar-refractivity contribution is -0.172. The number of allylic oxidation sites excluding steroid dienone is 3. The highest BCUT2D eigenvalue weighted by atomic mass is 16.7. The van der Waals surface area contributed by atoms with Gasteiger partial charge < -0.3 is 29.2 Å². The summed E-state index contributed by atoms with van der Waals surface area (Å²) < 4.78 is 26.4. The molecule has 1 aromatic carbocycles. The van der Waals surface area contributed by atoms with Gasteiger partial charge in [-0.05, 0) is 79.9 Å². The van der Waals surface area contributed by atoms with E-state index >= 15 is 0 Å². The molecule has 9 nitrogen and oxygen atoms in total. The first-order valence-corrected chi connectivity index (χ1v) is 14.5. The molecule has 2 saturated heterocycles. The number of phenolic OH excluding ortho intramolecular Hbond substituents is 1. The van der Waals surface area contributed by atoms with E-state index in [2.05, 4.69) is 0 Å². The first-order chi connectivity index (χ1) is 19.6. The van der Waals surface area contributed by atoms with Gasteiger partial charge in [0, 0.05) is 16.6 Å². The SMILES string of the molecule is CC(C)=CCc1c2c(c(O)c3c1OC14C5OC(C)(C)C1(CC=C(C)C(=O)O)CC(C5=O)C1OC14C3=O)C=CC(C)(C)O2. The van der Waals surface area contributed by atoms with Gasteiger partial charge in [-0.3, -0.25) is 9.59 Å². The molecule has 0 amide bonds. The Balaban J connectivity index is 1.53. The van der Waals surface area contributed by atoms with Gasteiger partial charge in [-0.1, -0.05) is 17.7 Å². The van der Waals surface area contributed by atoms with Gasteiger partial charge in [0.15, 0.2) is 17.5 Å². The molecule has 4 heterocycles. The molecule has 6 atom stereocenters. The van der Waals surface area contributed by atoms with Crippen LogP contribution in [0.2, 0.25) is 0 Å². The highest BCUT2D eigenvalue weighted by Gasteiger charge is 2.97. The maximum absolute atomic E-state index is 14.8. The molecule has 7 aliphatic rings. The van der Waals surface area contributed by atoms with Crippen molar-refractivity contribution in [2.75, 3.05) is 0 Å². The van der Waals surface area contributed by atoms with Gasteiger partial charge in [-0.15, -0.1) is 0 Å². The number of epoxide rings is 1. The van der Waals surface area contributed by atoms with Gasteiger partial charge in [0.1, 0.15) is 34.5 Å². The van der Waals surface area contributed by atoms with Crippen LogP contribution in [0.4, 0.5) is 0 Å². The van der Waals surface area contributed by atoms with Crippen LogP contribution >= 0.6 is 0 Å².